The Morgan fingerprint density at radius 2 is 2.27 bits per heavy atom. The second-order valence-corrected chi connectivity index (χ2v) is 9.13. The van der Waals surface area contributed by atoms with E-state index in [0.29, 0.717) is 0 Å². The molecule has 0 radical (unpaired) electrons. The number of aliphatic carboxylic acids is 1. The maximum atomic E-state index is 12.8. The first-order valence-corrected chi connectivity index (χ1v) is 10.8. The predicted molar refractivity (Wildman–Crippen MR) is 100 cm³/mol. The number of nitrogen functional groups attached to an aromatic ring is 1. The summed E-state index contributed by atoms with van der Waals surface area (Å²) in [6.45, 7) is 0. The molecule has 4 heterocycles. The number of anilines is 1. The number of oxime groups is 1. The lowest BCUT2D eigenvalue weighted by Gasteiger charge is -2.56. The number of hydrogen-bond donors (Lipinski definition) is 3. The fraction of sp³-hybridized carbons (Fsp3) is 0.467. The first-order valence-electron chi connectivity index (χ1n) is 8.49. The average Bonchev–Trinajstić information content (AvgIpc) is 3.25. The van der Waals surface area contributed by atoms with Crippen LogP contribution in [0.15, 0.2) is 10.5 Å². The number of hydrogen-bond acceptors (Lipinski definition) is 11. The summed E-state index contributed by atoms with van der Waals surface area (Å²) in [4.78, 5) is 58.5. The lowest BCUT2D eigenvalue weighted by molar-refractivity contribution is -0.216. The minimum Gasteiger partial charge on any atom is -0.477 e. The van der Waals surface area contributed by atoms with E-state index in [1.807, 2.05) is 0 Å². The van der Waals surface area contributed by atoms with E-state index in [9.17, 15) is 28.5 Å². The van der Waals surface area contributed by atoms with Gasteiger partial charge in [-0.25, -0.2) is 9.78 Å². The molecule has 0 unspecified atom stereocenters. The number of nitrogens with one attached hydrogen (secondary N) is 1. The Morgan fingerprint density at radius 1 is 1.53 bits per heavy atom. The minimum absolute atomic E-state index is 0.108. The van der Waals surface area contributed by atoms with Crippen LogP contribution >= 0.6 is 11.3 Å². The van der Waals surface area contributed by atoms with Gasteiger partial charge in [0.25, 0.3) is 17.5 Å². The Balaban J connectivity index is 1.60. The fourth-order valence-electron chi connectivity index (χ4n) is 3.80. The lowest BCUT2D eigenvalue weighted by atomic mass is 9.89. The molecule has 15 heteroatoms. The zero-order valence-corrected chi connectivity index (χ0v) is 16.9. The molecule has 4 rings (SSSR count). The SMILES string of the molecule is CO/N=C(\C(=O)N[C@@H]1C(=O)N2[C@@H]1[S@@](=O)C[C@@H]1CC(=O)O[C@@]12C(=O)O)c1csc(N)n1. The number of carboxylic acid groups (broad SMARTS) is 1. The number of nitrogens with zero attached hydrogens (tertiary/aromatic N) is 3. The monoisotopic (exact) mass is 457 g/mol. The molecule has 0 aromatic carbocycles. The van der Waals surface area contributed by atoms with Gasteiger partial charge < -0.3 is 25.7 Å². The Labute approximate surface area is 174 Å². The van der Waals surface area contributed by atoms with Gasteiger partial charge in [0, 0.05) is 21.9 Å². The van der Waals surface area contributed by atoms with Crippen LogP contribution in [0.4, 0.5) is 5.13 Å². The Kier molecular flexibility index (Phi) is 4.73. The molecule has 3 saturated heterocycles. The van der Waals surface area contributed by atoms with Gasteiger partial charge in [0.1, 0.15) is 24.2 Å². The minimum atomic E-state index is -2.22. The van der Waals surface area contributed by atoms with Crippen molar-refractivity contribution in [2.24, 2.45) is 11.1 Å². The third kappa shape index (κ3) is 2.76. The van der Waals surface area contributed by atoms with Crippen LogP contribution in [0.3, 0.4) is 0 Å². The predicted octanol–water partition coefficient (Wildman–Crippen LogP) is -2.16. The summed E-state index contributed by atoms with van der Waals surface area (Å²) in [6.07, 6.45) is -0.262. The molecule has 30 heavy (non-hydrogen) atoms. The number of fused-ring (bicyclic) bond motifs is 3. The Hall–Kier alpha value is -3.07. The molecule has 3 aliphatic heterocycles. The molecule has 3 aliphatic rings. The maximum Gasteiger partial charge on any atom is 0.370 e. The Bertz CT molecular complexity index is 1020. The number of carbonyl (C=O) groups excluding carboxylic acids is 3. The van der Waals surface area contributed by atoms with Crippen molar-refractivity contribution in [3.05, 3.63) is 11.1 Å². The van der Waals surface area contributed by atoms with Gasteiger partial charge in [-0.15, -0.1) is 11.3 Å². The lowest BCUT2D eigenvalue weighted by Crippen LogP contribution is -2.83. The number of nitrogens with two attached hydrogens (primary N) is 1. The van der Waals surface area contributed by atoms with Crippen LogP contribution in [0.2, 0.25) is 0 Å². The van der Waals surface area contributed by atoms with E-state index in [1.165, 1.54) is 12.5 Å². The molecule has 0 saturated carbocycles. The summed E-state index contributed by atoms with van der Waals surface area (Å²) in [5, 5.41) is 16.2. The van der Waals surface area contributed by atoms with Crippen LogP contribution in [0.5, 0.6) is 0 Å². The molecule has 3 fully saturated rings. The number of β-lactam (4-membered cyclic amide) rings is 1. The number of ether oxygens (including phenoxy) is 1. The van der Waals surface area contributed by atoms with Crippen LogP contribution in [0.1, 0.15) is 12.1 Å². The number of rotatable bonds is 5. The van der Waals surface area contributed by atoms with E-state index < -0.39 is 57.6 Å². The van der Waals surface area contributed by atoms with Crippen LogP contribution in [-0.2, 0) is 39.6 Å². The van der Waals surface area contributed by atoms with E-state index in [-0.39, 0.29) is 28.7 Å². The Morgan fingerprint density at radius 3 is 2.87 bits per heavy atom. The molecule has 2 amide bonds. The van der Waals surface area contributed by atoms with Crippen molar-refractivity contribution >= 4 is 56.7 Å². The molecule has 0 aliphatic carbocycles. The third-order valence-electron chi connectivity index (χ3n) is 5.03. The smallest absolute Gasteiger partial charge is 0.370 e. The summed E-state index contributed by atoms with van der Waals surface area (Å²) in [5.74, 6) is -5.12. The maximum absolute atomic E-state index is 12.8. The first-order chi connectivity index (χ1) is 14.2. The summed E-state index contributed by atoms with van der Waals surface area (Å²) in [7, 11) is -0.522. The van der Waals surface area contributed by atoms with Crippen molar-refractivity contribution < 1.29 is 38.1 Å². The van der Waals surface area contributed by atoms with Crippen molar-refractivity contribution in [2.45, 2.75) is 23.6 Å². The number of esters is 1. The first kappa shape index (κ1) is 20.2. The third-order valence-corrected chi connectivity index (χ3v) is 7.45. The number of thiazole rings is 1. The van der Waals surface area contributed by atoms with Crippen LogP contribution in [0.25, 0.3) is 0 Å². The molecule has 160 valence electrons. The topological polar surface area (TPSA) is 191 Å². The van der Waals surface area contributed by atoms with Crippen LogP contribution < -0.4 is 11.1 Å². The molecular formula is C15H15N5O8S2. The molecule has 1 aromatic rings. The van der Waals surface area contributed by atoms with E-state index in [1.54, 1.807) is 0 Å². The van der Waals surface area contributed by atoms with Crippen molar-refractivity contribution in [1.82, 2.24) is 15.2 Å². The van der Waals surface area contributed by atoms with Gasteiger partial charge in [0.05, 0.1) is 12.3 Å². The molecule has 5 atom stereocenters. The van der Waals surface area contributed by atoms with E-state index in [2.05, 4.69) is 20.3 Å². The normalized spacial score (nSPS) is 32.6. The largest absolute Gasteiger partial charge is 0.477 e. The van der Waals surface area contributed by atoms with E-state index in [4.69, 9.17) is 10.5 Å². The van der Waals surface area contributed by atoms with Crippen LogP contribution in [0, 0.1) is 5.92 Å². The summed E-state index contributed by atoms with van der Waals surface area (Å²) >= 11 is 1.06. The van der Waals surface area contributed by atoms with Crippen molar-refractivity contribution in [1.29, 1.82) is 0 Å². The van der Waals surface area contributed by atoms with Gasteiger partial charge in [0.2, 0.25) is 0 Å². The second kappa shape index (κ2) is 7.02. The van der Waals surface area contributed by atoms with Gasteiger partial charge >= 0.3 is 11.9 Å². The average molecular weight is 457 g/mol. The number of aromatic nitrogens is 1. The molecule has 4 N–H and O–H groups in total. The van der Waals surface area contributed by atoms with Gasteiger partial charge in [-0.3, -0.25) is 23.5 Å². The van der Waals surface area contributed by atoms with Crippen molar-refractivity contribution in [2.75, 3.05) is 18.6 Å². The molecular weight excluding hydrogens is 442 g/mol. The highest BCUT2D eigenvalue weighted by atomic mass is 32.2. The summed E-state index contributed by atoms with van der Waals surface area (Å²) in [5.41, 5.74) is 3.18. The zero-order valence-electron chi connectivity index (χ0n) is 15.3. The van der Waals surface area contributed by atoms with E-state index >= 15 is 0 Å². The standard InChI is InChI=1S/C15H15N5O8S2/c1-27-19-8(6-3-29-14(16)17-6)10(22)18-9-11(23)20-12(9)30(26)4-5-2-7(21)28-15(5,20)13(24)25/h3,5,9,12H,2,4H2,1H3,(H2,16,17)(H,18,22)(H,24,25)/b19-8-/t5-,9+,12+,15+,30-/m0/s1. The van der Waals surface area contributed by atoms with Crippen molar-refractivity contribution in [3.8, 4) is 0 Å². The molecule has 0 bridgehead atoms. The number of carbonyl (C=O) groups is 4. The molecule has 1 aromatic heterocycles. The van der Waals surface area contributed by atoms with Gasteiger partial charge in [0.15, 0.2) is 10.8 Å². The van der Waals surface area contributed by atoms with Gasteiger partial charge in [-0.2, -0.15) is 0 Å². The molecule has 0 spiro atoms. The zero-order chi connectivity index (χ0) is 21.8. The van der Waals surface area contributed by atoms with Gasteiger partial charge in [-0.05, 0) is 0 Å². The highest BCUT2D eigenvalue weighted by Gasteiger charge is 2.73. The van der Waals surface area contributed by atoms with Crippen molar-refractivity contribution in [3.63, 3.8) is 0 Å². The summed E-state index contributed by atoms with van der Waals surface area (Å²) < 4.78 is 17.7. The molecule has 13 nitrogen and oxygen atoms in total. The van der Waals surface area contributed by atoms with Crippen LogP contribution in [-0.4, -0.2) is 78.7 Å². The highest BCUT2D eigenvalue weighted by molar-refractivity contribution is 7.85. The number of amides is 2. The van der Waals surface area contributed by atoms with E-state index in [0.717, 1.165) is 16.2 Å². The fourth-order valence-corrected chi connectivity index (χ4v) is 6.26. The van der Waals surface area contributed by atoms with Gasteiger partial charge in [-0.1, -0.05) is 5.16 Å². The summed E-state index contributed by atoms with van der Waals surface area (Å²) in [6, 6.07) is -1.30. The highest BCUT2D eigenvalue weighted by Crippen LogP contribution is 2.47. The number of carboxylic acids is 1. The second-order valence-electron chi connectivity index (χ2n) is 6.67. The quantitative estimate of drug-likeness (QED) is 0.190.